The molecule has 0 saturated carbocycles. The average Bonchev–Trinajstić information content (AvgIpc) is 2.65. The predicted octanol–water partition coefficient (Wildman–Crippen LogP) is 2.85. The highest BCUT2D eigenvalue weighted by Crippen LogP contribution is 2.27. The van der Waals surface area contributed by atoms with E-state index < -0.39 is 0 Å². The molecule has 1 heterocycles. The van der Waals surface area contributed by atoms with Crippen molar-refractivity contribution in [2.75, 3.05) is 7.11 Å². The minimum atomic E-state index is -0.374. The van der Waals surface area contributed by atoms with Crippen LogP contribution in [-0.2, 0) is 4.74 Å². The summed E-state index contributed by atoms with van der Waals surface area (Å²) in [7, 11) is 1.56. The quantitative estimate of drug-likeness (QED) is 0.862. The van der Waals surface area contributed by atoms with Crippen LogP contribution in [-0.4, -0.2) is 18.9 Å². The number of benzene rings is 2. The van der Waals surface area contributed by atoms with E-state index in [1.165, 1.54) is 0 Å². The number of nitrogens with zero attached hydrogens (tertiary/aromatic N) is 1. The molecule has 100 valence electrons. The zero-order valence-electron chi connectivity index (χ0n) is 11.0. The summed E-state index contributed by atoms with van der Waals surface area (Å²) in [6.45, 7) is 0. The predicted molar refractivity (Wildman–Crippen MR) is 77.2 cm³/mol. The monoisotopic (exact) mass is 266 g/mol. The summed E-state index contributed by atoms with van der Waals surface area (Å²) in [4.78, 5) is 16.8. The maximum atomic E-state index is 12.3. The van der Waals surface area contributed by atoms with Crippen molar-refractivity contribution >= 4 is 17.5 Å². The van der Waals surface area contributed by atoms with Crippen LogP contribution in [0.2, 0.25) is 0 Å². The second kappa shape index (κ2) is 5.17. The van der Waals surface area contributed by atoms with Crippen LogP contribution < -0.4 is 5.32 Å². The summed E-state index contributed by atoms with van der Waals surface area (Å²) in [5, 5.41) is 2.96. The zero-order chi connectivity index (χ0) is 13.9. The van der Waals surface area contributed by atoms with Gasteiger partial charge in [0.25, 0.3) is 5.91 Å². The van der Waals surface area contributed by atoms with Crippen molar-refractivity contribution in [2.24, 2.45) is 4.99 Å². The van der Waals surface area contributed by atoms with Crippen LogP contribution in [0.25, 0.3) is 0 Å². The van der Waals surface area contributed by atoms with E-state index >= 15 is 0 Å². The Bertz CT molecular complexity index is 665. The summed E-state index contributed by atoms with van der Waals surface area (Å²) < 4.78 is 5.38. The summed E-state index contributed by atoms with van der Waals surface area (Å²) >= 11 is 0. The van der Waals surface area contributed by atoms with Gasteiger partial charge in [0.05, 0.1) is 18.4 Å². The molecule has 0 aromatic heterocycles. The molecule has 0 spiro atoms. The molecule has 0 fully saturated rings. The molecule has 1 aliphatic heterocycles. The van der Waals surface area contributed by atoms with E-state index in [4.69, 9.17) is 4.74 Å². The topological polar surface area (TPSA) is 50.7 Å². The zero-order valence-corrected chi connectivity index (χ0v) is 11.0. The summed E-state index contributed by atoms with van der Waals surface area (Å²) in [5.74, 6) is 0.333. The van der Waals surface area contributed by atoms with Crippen molar-refractivity contribution < 1.29 is 9.53 Å². The van der Waals surface area contributed by atoms with Gasteiger partial charge >= 0.3 is 0 Å². The lowest BCUT2D eigenvalue weighted by Gasteiger charge is -2.17. The fraction of sp³-hybridized carbons (Fsp3) is 0.125. The standard InChI is InChI=1S/C16H14N2O2/c1-20-16-14(11-7-3-2-4-8-11)18-15(19)12-9-5-6-10-13(12)17-16/h2-10,14H,1H3,(H,18,19). The SMILES string of the molecule is COC1=Nc2ccccc2C(=O)NC1c1ccccc1. The highest BCUT2D eigenvalue weighted by molar-refractivity contribution is 6.04. The molecular weight excluding hydrogens is 252 g/mol. The van der Waals surface area contributed by atoms with Gasteiger partial charge in [-0.1, -0.05) is 42.5 Å². The normalized spacial score (nSPS) is 17.6. The summed E-state index contributed by atoms with van der Waals surface area (Å²) in [6.07, 6.45) is 0. The average molecular weight is 266 g/mol. The van der Waals surface area contributed by atoms with Gasteiger partial charge in [-0.05, 0) is 17.7 Å². The highest BCUT2D eigenvalue weighted by Gasteiger charge is 2.26. The maximum absolute atomic E-state index is 12.3. The second-order valence-corrected chi connectivity index (χ2v) is 4.49. The van der Waals surface area contributed by atoms with E-state index in [1.807, 2.05) is 42.5 Å². The van der Waals surface area contributed by atoms with Crippen LogP contribution in [0, 0.1) is 0 Å². The number of hydrogen-bond acceptors (Lipinski definition) is 3. The van der Waals surface area contributed by atoms with E-state index in [9.17, 15) is 4.79 Å². The first-order valence-corrected chi connectivity index (χ1v) is 6.37. The van der Waals surface area contributed by atoms with Gasteiger partial charge in [-0.3, -0.25) is 4.79 Å². The summed E-state index contributed by atoms with van der Waals surface area (Å²) in [5.41, 5.74) is 2.12. The third kappa shape index (κ3) is 2.16. The molecule has 1 N–H and O–H groups in total. The molecule has 0 saturated heterocycles. The van der Waals surface area contributed by atoms with Gasteiger partial charge < -0.3 is 10.1 Å². The molecule has 1 unspecified atom stereocenters. The molecule has 3 rings (SSSR count). The first kappa shape index (κ1) is 12.4. The van der Waals surface area contributed by atoms with E-state index in [0.717, 1.165) is 5.56 Å². The van der Waals surface area contributed by atoms with Gasteiger partial charge in [0.1, 0.15) is 6.04 Å². The first-order valence-electron chi connectivity index (χ1n) is 6.37. The van der Waals surface area contributed by atoms with Crippen molar-refractivity contribution in [3.63, 3.8) is 0 Å². The number of carbonyl (C=O) groups is 1. The second-order valence-electron chi connectivity index (χ2n) is 4.49. The number of amides is 1. The van der Waals surface area contributed by atoms with Crippen molar-refractivity contribution in [1.82, 2.24) is 5.32 Å². The first-order chi connectivity index (χ1) is 9.79. The van der Waals surface area contributed by atoms with Crippen molar-refractivity contribution in [3.05, 3.63) is 65.7 Å². The number of rotatable bonds is 1. The lowest BCUT2D eigenvalue weighted by molar-refractivity contribution is 0.0945. The molecule has 2 aromatic carbocycles. The number of nitrogens with one attached hydrogen (secondary N) is 1. The Morgan fingerprint density at radius 2 is 1.75 bits per heavy atom. The number of hydrogen-bond donors (Lipinski definition) is 1. The molecule has 4 heteroatoms. The van der Waals surface area contributed by atoms with Crippen LogP contribution in [0.3, 0.4) is 0 Å². The van der Waals surface area contributed by atoms with Crippen molar-refractivity contribution in [3.8, 4) is 0 Å². The Morgan fingerprint density at radius 1 is 1.05 bits per heavy atom. The number of carbonyl (C=O) groups excluding carboxylic acids is 1. The lowest BCUT2D eigenvalue weighted by Crippen LogP contribution is -2.33. The third-order valence-electron chi connectivity index (χ3n) is 3.24. The Morgan fingerprint density at radius 3 is 2.50 bits per heavy atom. The number of ether oxygens (including phenoxy) is 1. The minimum absolute atomic E-state index is 0.148. The largest absolute Gasteiger partial charge is 0.482 e. The molecule has 20 heavy (non-hydrogen) atoms. The van der Waals surface area contributed by atoms with E-state index in [0.29, 0.717) is 17.1 Å². The fourth-order valence-electron chi connectivity index (χ4n) is 2.25. The maximum Gasteiger partial charge on any atom is 0.254 e. The van der Waals surface area contributed by atoms with Gasteiger partial charge in [-0.15, -0.1) is 0 Å². The van der Waals surface area contributed by atoms with Crippen LogP contribution in [0.5, 0.6) is 0 Å². The lowest BCUT2D eigenvalue weighted by atomic mass is 10.1. The van der Waals surface area contributed by atoms with Gasteiger partial charge in [0.2, 0.25) is 5.90 Å². The molecule has 4 nitrogen and oxygen atoms in total. The smallest absolute Gasteiger partial charge is 0.254 e. The Balaban J connectivity index is 2.09. The Labute approximate surface area is 117 Å². The number of methoxy groups -OCH3 is 1. The molecule has 1 aliphatic rings. The van der Waals surface area contributed by atoms with Crippen molar-refractivity contribution in [1.29, 1.82) is 0 Å². The molecule has 0 aliphatic carbocycles. The highest BCUT2D eigenvalue weighted by atomic mass is 16.5. The van der Waals surface area contributed by atoms with E-state index in [2.05, 4.69) is 10.3 Å². The molecular formula is C16H14N2O2. The molecule has 2 aromatic rings. The van der Waals surface area contributed by atoms with Crippen LogP contribution >= 0.6 is 0 Å². The third-order valence-corrected chi connectivity index (χ3v) is 3.24. The van der Waals surface area contributed by atoms with Gasteiger partial charge in [0, 0.05) is 0 Å². The molecule has 1 amide bonds. The molecule has 0 radical (unpaired) electrons. The Kier molecular flexibility index (Phi) is 3.21. The van der Waals surface area contributed by atoms with Crippen LogP contribution in [0.15, 0.2) is 59.6 Å². The van der Waals surface area contributed by atoms with E-state index in [-0.39, 0.29) is 11.9 Å². The number of para-hydroxylation sites is 1. The van der Waals surface area contributed by atoms with Gasteiger partial charge in [-0.25, -0.2) is 4.99 Å². The van der Waals surface area contributed by atoms with Crippen LogP contribution in [0.4, 0.5) is 5.69 Å². The summed E-state index contributed by atoms with van der Waals surface area (Å²) in [6, 6.07) is 16.5. The van der Waals surface area contributed by atoms with Crippen molar-refractivity contribution in [2.45, 2.75) is 6.04 Å². The van der Waals surface area contributed by atoms with E-state index in [1.54, 1.807) is 19.2 Å². The Hall–Kier alpha value is -2.62. The molecule has 0 bridgehead atoms. The van der Waals surface area contributed by atoms with Crippen LogP contribution in [0.1, 0.15) is 22.0 Å². The fourth-order valence-corrected chi connectivity index (χ4v) is 2.25. The molecule has 1 atom stereocenters. The van der Waals surface area contributed by atoms with Gasteiger partial charge in [-0.2, -0.15) is 0 Å². The van der Waals surface area contributed by atoms with Gasteiger partial charge in [0.15, 0.2) is 0 Å². The minimum Gasteiger partial charge on any atom is -0.482 e. The number of fused-ring (bicyclic) bond motifs is 1. The number of aliphatic imine (C=N–C) groups is 1.